The van der Waals surface area contributed by atoms with Crippen molar-refractivity contribution >= 4 is 35.1 Å². The molecule has 24 heavy (non-hydrogen) atoms. The van der Waals surface area contributed by atoms with E-state index >= 15 is 0 Å². The Labute approximate surface area is 144 Å². The first-order valence-electron chi connectivity index (χ1n) is 7.37. The number of carbonyl (C=O) groups excluding carboxylic acids is 1. The summed E-state index contributed by atoms with van der Waals surface area (Å²) in [5, 5.41) is 3.51. The summed E-state index contributed by atoms with van der Waals surface area (Å²) in [5.74, 6) is -0.000230. The fourth-order valence-electron chi connectivity index (χ4n) is 2.16. The van der Waals surface area contributed by atoms with Crippen molar-refractivity contribution in [2.75, 3.05) is 5.32 Å². The summed E-state index contributed by atoms with van der Waals surface area (Å²) >= 11 is 5.86. The van der Waals surface area contributed by atoms with Gasteiger partial charge in [0, 0.05) is 16.9 Å². The van der Waals surface area contributed by atoms with Crippen LogP contribution in [0, 0.1) is 6.92 Å². The van der Waals surface area contributed by atoms with Gasteiger partial charge in [0.25, 0.3) is 5.91 Å². The maximum Gasteiger partial charge on any atom is 0.291 e. The lowest BCUT2D eigenvalue weighted by molar-refractivity contribution is 0.0996. The summed E-state index contributed by atoms with van der Waals surface area (Å²) in [7, 11) is 0. The van der Waals surface area contributed by atoms with Crippen molar-refractivity contribution in [3.8, 4) is 0 Å². The first-order valence-corrected chi connectivity index (χ1v) is 7.75. The Morgan fingerprint density at radius 3 is 2.62 bits per heavy atom. The van der Waals surface area contributed by atoms with Crippen LogP contribution in [0.4, 0.5) is 11.4 Å². The van der Waals surface area contributed by atoms with Gasteiger partial charge in [0.1, 0.15) is 0 Å². The zero-order chi connectivity index (χ0) is 16.9. The predicted octanol–water partition coefficient (Wildman–Crippen LogP) is 5.24. The molecule has 2 aromatic carbocycles. The van der Waals surface area contributed by atoms with Gasteiger partial charge in [0.05, 0.1) is 12.0 Å². The fourth-order valence-corrected chi connectivity index (χ4v) is 2.28. The van der Waals surface area contributed by atoms with Gasteiger partial charge in [-0.1, -0.05) is 23.7 Å². The maximum atomic E-state index is 12.0. The van der Waals surface area contributed by atoms with E-state index in [9.17, 15) is 4.79 Å². The molecular formula is C19H15ClN2O2. The van der Waals surface area contributed by atoms with Crippen molar-refractivity contribution in [3.63, 3.8) is 0 Å². The number of furan rings is 1. The molecule has 5 heteroatoms. The van der Waals surface area contributed by atoms with Crippen molar-refractivity contribution in [2.24, 2.45) is 4.99 Å². The zero-order valence-corrected chi connectivity index (χ0v) is 13.7. The van der Waals surface area contributed by atoms with E-state index in [1.807, 2.05) is 49.4 Å². The summed E-state index contributed by atoms with van der Waals surface area (Å²) in [6.07, 6.45) is 3.24. The Hall–Kier alpha value is -2.85. The van der Waals surface area contributed by atoms with Gasteiger partial charge in [0.15, 0.2) is 5.76 Å². The molecule has 0 fully saturated rings. The molecule has 0 aliphatic carbocycles. The molecule has 0 aliphatic heterocycles. The number of aryl methyl sites for hydroxylation is 1. The second kappa shape index (κ2) is 7.15. The Kier molecular flexibility index (Phi) is 4.77. The summed E-state index contributed by atoms with van der Waals surface area (Å²) in [4.78, 5) is 16.4. The Morgan fingerprint density at radius 1 is 1.17 bits per heavy atom. The van der Waals surface area contributed by atoms with Gasteiger partial charge < -0.3 is 9.73 Å². The number of nitrogens with one attached hydrogen (secondary N) is 1. The number of halogens is 1. The lowest BCUT2D eigenvalue weighted by atomic mass is 10.1. The fraction of sp³-hybridized carbons (Fsp3) is 0.0526. The Morgan fingerprint density at radius 2 is 1.96 bits per heavy atom. The number of hydrogen-bond acceptors (Lipinski definition) is 3. The summed E-state index contributed by atoms with van der Waals surface area (Å²) < 4.78 is 5.08. The number of rotatable bonds is 4. The first-order chi connectivity index (χ1) is 11.6. The topological polar surface area (TPSA) is 54.6 Å². The highest BCUT2D eigenvalue weighted by Gasteiger charge is 2.10. The van der Waals surface area contributed by atoms with Crippen LogP contribution < -0.4 is 5.32 Å². The quantitative estimate of drug-likeness (QED) is 0.661. The van der Waals surface area contributed by atoms with E-state index in [0.29, 0.717) is 5.02 Å². The highest BCUT2D eigenvalue weighted by molar-refractivity contribution is 6.30. The van der Waals surface area contributed by atoms with E-state index in [-0.39, 0.29) is 11.7 Å². The number of nitrogens with zero attached hydrogens (tertiary/aromatic N) is 1. The normalized spacial score (nSPS) is 10.9. The molecule has 3 aromatic rings. The zero-order valence-electron chi connectivity index (χ0n) is 13.0. The van der Waals surface area contributed by atoms with Crippen molar-refractivity contribution in [1.82, 2.24) is 0 Å². The number of carbonyl (C=O) groups is 1. The monoisotopic (exact) mass is 338 g/mol. The Bertz CT molecular complexity index is 869. The van der Waals surface area contributed by atoms with Crippen LogP contribution >= 0.6 is 11.6 Å². The van der Waals surface area contributed by atoms with Crippen LogP contribution in [0.2, 0.25) is 5.02 Å². The highest BCUT2D eigenvalue weighted by Crippen LogP contribution is 2.22. The van der Waals surface area contributed by atoms with Gasteiger partial charge >= 0.3 is 0 Å². The molecule has 1 aromatic heterocycles. The molecule has 0 saturated heterocycles. The largest absolute Gasteiger partial charge is 0.459 e. The summed E-state index contributed by atoms with van der Waals surface area (Å²) in [5.41, 5.74) is 3.41. The van der Waals surface area contributed by atoms with E-state index in [4.69, 9.17) is 16.0 Å². The van der Waals surface area contributed by atoms with Crippen molar-refractivity contribution in [1.29, 1.82) is 0 Å². The molecular weight excluding hydrogens is 324 g/mol. The number of aliphatic imine (C=N–C) groups is 1. The molecule has 120 valence electrons. The summed E-state index contributed by atoms with van der Waals surface area (Å²) in [6, 6.07) is 16.3. The van der Waals surface area contributed by atoms with Crippen LogP contribution in [-0.2, 0) is 0 Å². The number of benzene rings is 2. The molecule has 0 unspecified atom stereocenters. The molecule has 3 rings (SSSR count). The highest BCUT2D eigenvalue weighted by atomic mass is 35.5. The van der Waals surface area contributed by atoms with E-state index in [2.05, 4.69) is 10.3 Å². The van der Waals surface area contributed by atoms with Crippen LogP contribution in [0.15, 0.2) is 70.3 Å². The lowest BCUT2D eigenvalue weighted by Crippen LogP contribution is -2.11. The molecule has 1 amide bonds. The minimum absolute atomic E-state index is 0.277. The first kappa shape index (κ1) is 16.0. The SMILES string of the molecule is Cc1cc(N=Cc2ccc(Cl)cc2)ccc1NC(=O)c1ccco1. The van der Waals surface area contributed by atoms with Crippen LogP contribution in [0.5, 0.6) is 0 Å². The molecule has 4 nitrogen and oxygen atoms in total. The molecule has 0 radical (unpaired) electrons. The average molecular weight is 339 g/mol. The molecule has 0 spiro atoms. The number of anilines is 1. The number of amides is 1. The molecule has 0 bridgehead atoms. The van der Waals surface area contributed by atoms with Crippen molar-refractivity contribution in [2.45, 2.75) is 6.92 Å². The third kappa shape index (κ3) is 3.91. The molecule has 1 heterocycles. The van der Waals surface area contributed by atoms with Gasteiger partial charge in [0.2, 0.25) is 0 Å². The standard InChI is InChI=1S/C19H15ClN2O2/c1-13-11-16(21-12-14-4-6-15(20)7-5-14)8-9-17(13)22-19(23)18-3-2-10-24-18/h2-12H,1H3,(H,22,23). The Balaban J connectivity index is 1.72. The van der Waals surface area contributed by atoms with Crippen molar-refractivity contribution in [3.05, 3.63) is 82.8 Å². The van der Waals surface area contributed by atoms with E-state index < -0.39 is 0 Å². The molecule has 0 atom stereocenters. The molecule has 0 saturated carbocycles. The van der Waals surface area contributed by atoms with Gasteiger partial charge in [-0.3, -0.25) is 9.79 Å². The number of hydrogen-bond donors (Lipinski definition) is 1. The third-order valence-electron chi connectivity index (χ3n) is 3.44. The van der Waals surface area contributed by atoms with E-state index in [1.54, 1.807) is 18.3 Å². The van der Waals surface area contributed by atoms with Gasteiger partial charge in [-0.25, -0.2) is 0 Å². The van der Waals surface area contributed by atoms with Gasteiger partial charge in [-0.15, -0.1) is 0 Å². The third-order valence-corrected chi connectivity index (χ3v) is 3.69. The van der Waals surface area contributed by atoms with E-state index in [0.717, 1.165) is 22.5 Å². The van der Waals surface area contributed by atoms with E-state index in [1.165, 1.54) is 6.26 Å². The van der Waals surface area contributed by atoms with Crippen LogP contribution in [0.25, 0.3) is 0 Å². The van der Waals surface area contributed by atoms with Gasteiger partial charge in [-0.05, 0) is 60.5 Å². The lowest BCUT2D eigenvalue weighted by Gasteiger charge is -2.07. The van der Waals surface area contributed by atoms with Crippen molar-refractivity contribution < 1.29 is 9.21 Å². The molecule has 0 aliphatic rings. The maximum absolute atomic E-state index is 12.0. The second-order valence-electron chi connectivity index (χ2n) is 5.24. The van der Waals surface area contributed by atoms with Crippen LogP contribution in [0.3, 0.4) is 0 Å². The van der Waals surface area contributed by atoms with Crippen LogP contribution in [0.1, 0.15) is 21.7 Å². The minimum Gasteiger partial charge on any atom is -0.459 e. The summed E-state index contributed by atoms with van der Waals surface area (Å²) in [6.45, 7) is 1.92. The average Bonchev–Trinajstić information content (AvgIpc) is 3.11. The van der Waals surface area contributed by atoms with Gasteiger partial charge in [-0.2, -0.15) is 0 Å². The minimum atomic E-state index is -0.277. The smallest absolute Gasteiger partial charge is 0.291 e. The van der Waals surface area contributed by atoms with Crippen LogP contribution in [-0.4, -0.2) is 12.1 Å². The molecule has 1 N–H and O–H groups in total. The second-order valence-corrected chi connectivity index (χ2v) is 5.68. The predicted molar refractivity (Wildman–Crippen MR) is 96.5 cm³/mol.